The summed E-state index contributed by atoms with van der Waals surface area (Å²) in [5.74, 6) is -1.93. The molecule has 1 fully saturated rings. The van der Waals surface area contributed by atoms with E-state index in [1.165, 1.54) is 6.07 Å². The van der Waals surface area contributed by atoms with Crippen molar-refractivity contribution in [2.75, 3.05) is 26.4 Å². The second kappa shape index (κ2) is 7.98. The molecule has 1 aromatic rings. The Morgan fingerprint density at radius 2 is 1.96 bits per heavy atom. The van der Waals surface area contributed by atoms with Crippen LogP contribution in [0.4, 0.5) is 17.6 Å². The summed E-state index contributed by atoms with van der Waals surface area (Å²) >= 11 is 0. The van der Waals surface area contributed by atoms with E-state index in [2.05, 4.69) is 4.74 Å². The Bertz CT molecular complexity index is 504. The van der Waals surface area contributed by atoms with E-state index >= 15 is 0 Å². The average molecular weight is 336 g/mol. The van der Waals surface area contributed by atoms with Crippen molar-refractivity contribution >= 4 is 12.6 Å². The lowest BCUT2D eigenvalue weighted by Crippen LogP contribution is -2.45. The molecule has 128 valence electrons. The van der Waals surface area contributed by atoms with E-state index in [0.29, 0.717) is 31.9 Å². The predicted molar refractivity (Wildman–Crippen MR) is 75.0 cm³/mol. The van der Waals surface area contributed by atoms with Crippen molar-refractivity contribution in [2.24, 2.45) is 5.92 Å². The lowest BCUT2D eigenvalue weighted by atomic mass is 9.77. The van der Waals surface area contributed by atoms with Crippen LogP contribution < -0.4 is 10.2 Å². The number of hydrogen-bond acceptors (Lipinski definition) is 4. The third-order valence-corrected chi connectivity index (χ3v) is 3.12. The summed E-state index contributed by atoms with van der Waals surface area (Å²) in [5, 5.41) is 0. The highest BCUT2D eigenvalue weighted by Crippen LogP contribution is 2.24. The van der Waals surface area contributed by atoms with Crippen molar-refractivity contribution in [3.8, 4) is 5.75 Å². The van der Waals surface area contributed by atoms with Crippen LogP contribution in [-0.4, -0.2) is 39.9 Å². The van der Waals surface area contributed by atoms with Crippen molar-refractivity contribution in [3.05, 3.63) is 24.0 Å². The van der Waals surface area contributed by atoms with E-state index in [1.807, 2.05) is 6.92 Å². The SMILES string of the molecule is CCCOCC1COB(c2ccc(OC(F)(F)F)c(F)c2)OC1. The molecule has 0 saturated carbocycles. The van der Waals surface area contributed by atoms with Crippen LogP contribution in [0.5, 0.6) is 5.75 Å². The van der Waals surface area contributed by atoms with Gasteiger partial charge in [0.05, 0.1) is 6.61 Å². The van der Waals surface area contributed by atoms with Gasteiger partial charge in [0.2, 0.25) is 0 Å². The smallest absolute Gasteiger partial charge is 0.407 e. The van der Waals surface area contributed by atoms with Gasteiger partial charge in [-0.3, -0.25) is 0 Å². The van der Waals surface area contributed by atoms with Crippen LogP contribution in [-0.2, 0) is 14.0 Å². The van der Waals surface area contributed by atoms with Crippen molar-refractivity contribution < 1.29 is 36.3 Å². The monoisotopic (exact) mass is 336 g/mol. The average Bonchev–Trinajstić information content (AvgIpc) is 2.49. The van der Waals surface area contributed by atoms with E-state index < -0.39 is 25.0 Å². The van der Waals surface area contributed by atoms with Crippen LogP contribution >= 0.6 is 0 Å². The molecule has 1 saturated heterocycles. The van der Waals surface area contributed by atoms with Gasteiger partial charge in [0, 0.05) is 25.7 Å². The second-order valence-corrected chi connectivity index (χ2v) is 5.18. The van der Waals surface area contributed by atoms with Crippen LogP contribution in [0.3, 0.4) is 0 Å². The molecule has 1 heterocycles. The molecule has 0 amide bonds. The molecule has 0 aromatic heterocycles. The maximum atomic E-state index is 13.7. The Labute approximate surface area is 131 Å². The molecule has 4 nitrogen and oxygen atoms in total. The van der Waals surface area contributed by atoms with E-state index in [0.717, 1.165) is 18.6 Å². The molecule has 0 N–H and O–H groups in total. The maximum Gasteiger partial charge on any atom is 0.573 e. The normalized spacial score (nSPS) is 16.7. The Morgan fingerprint density at radius 3 is 2.52 bits per heavy atom. The first-order chi connectivity index (χ1) is 10.9. The topological polar surface area (TPSA) is 36.9 Å². The predicted octanol–water partition coefficient (Wildman–Crippen LogP) is 2.51. The maximum absolute atomic E-state index is 13.7. The van der Waals surface area contributed by atoms with Gasteiger partial charge in [0.25, 0.3) is 0 Å². The summed E-state index contributed by atoms with van der Waals surface area (Å²) in [6, 6.07) is 3.10. The molecule has 0 radical (unpaired) electrons. The van der Waals surface area contributed by atoms with Crippen molar-refractivity contribution in [2.45, 2.75) is 19.7 Å². The van der Waals surface area contributed by atoms with Gasteiger partial charge >= 0.3 is 13.5 Å². The number of rotatable bonds is 6. The van der Waals surface area contributed by atoms with E-state index in [9.17, 15) is 17.6 Å². The fraction of sp³-hybridized carbons (Fsp3) is 0.571. The summed E-state index contributed by atoms with van der Waals surface area (Å²) in [7, 11) is -0.813. The highest BCUT2D eigenvalue weighted by atomic mass is 19.4. The van der Waals surface area contributed by atoms with Crippen molar-refractivity contribution in [1.82, 2.24) is 0 Å². The molecular formula is C14H17BF4O4. The fourth-order valence-corrected chi connectivity index (χ4v) is 2.10. The Hall–Kier alpha value is -1.32. The molecule has 0 spiro atoms. The molecule has 0 unspecified atom stereocenters. The first-order valence-corrected chi connectivity index (χ1v) is 7.25. The number of alkyl halides is 3. The highest BCUT2D eigenvalue weighted by molar-refractivity contribution is 6.61. The van der Waals surface area contributed by atoms with Gasteiger partial charge < -0.3 is 18.8 Å². The molecule has 9 heteroatoms. The second-order valence-electron chi connectivity index (χ2n) is 5.18. The van der Waals surface area contributed by atoms with Crippen molar-refractivity contribution in [1.29, 1.82) is 0 Å². The van der Waals surface area contributed by atoms with Crippen LogP contribution in [0.15, 0.2) is 18.2 Å². The fourth-order valence-electron chi connectivity index (χ4n) is 2.10. The minimum Gasteiger partial charge on any atom is -0.407 e. The largest absolute Gasteiger partial charge is 0.573 e. The van der Waals surface area contributed by atoms with Gasteiger partial charge in [-0.1, -0.05) is 13.0 Å². The van der Waals surface area contributed by atoms with E-state index in [-0.39, 0.29) is 5.92 Å². The number of benzene rings is 1. The van der Waals surface area contributed by atoms with Gasteiger partial charge in [0.15, 0.2) is 11.6 Å². The lowest BCUT2D eigenvalue weighted by molar-refractivity contribution is -0.275. The molecule has 0 aliphatic carbocycles. The molecule has 0 bridgehead atoms. The minimum atomic E-state index is -4.94. The molecule has 1 aliphatic heterocycles. The molecule has 2 rings (SSSR count). The molecule has 0 atom stereocenters. The summed E-state index contributed by atoms with van der Waals surface area (Å²) in [5.41, 5.74) is 0.296. The lowest BCUT2D eigenvalue weighted by Gasteiger charge is -2.27. The first kappa shape index (κ1) is 18.0. The van der Waals surface area contributed by atoms with Crippen LogP contribution in [0.2, 0.25) is 0 Å². The quantitative estimate of drug-likeness (QED) is 0.454. The molecule has 1 aromatic carbocycles. The highest BCUT2D eigenvalue weighted by Gasteiger charge is 2.34. The third kappa shape index (κ3) is 5.67. The number of hydrogen-bond donors (Lipinski definition) is 0. The van der Waals surface area contributed by atoms with Crippen LogP contribution in [0.1, 0.15) is 13.3 Å². The van der Waals surface area contributed by atoms with Crippen LogP contribution in [0.25, 0.3) is 0 Å². The zero-order chi connectivity index (χ0) is 16.9. The third-order valence-electron chi connectivity index (χ3n) is 3.12. The van der Waals surface area contributed by atoms with Gasteiger partial charge in [-0.25, -0.2) is 4.39 Å². The summed E-state index contributed by atoms with van der Waals surface area (Å²) in [4.78, 5) is 0. The first-order valence-electron chi connectivity index (χ1n) is 7.25. The summed E-state index contributed by atoms with van der Waals surface area (Å²) in [6.07, 6.45) is -4.02. The Morgan fingerprint density at radius 1 is 1.26 bits per heavy atom. The zero-order valence-corrected chi connectivity index (χ0v) is 12.6. The number of halogens is 4. The van der Waals surface area contributed by atoms with Gasteiger partial charge in [0.1, 0.15) is 0 Å². The summed E-state index contributed by atoms with van der Waals surface area (Å²) < 4.78 is 69.9. The van der Waals surface area contributed by atoms with Gasteiger partial charge in [-0.15, -0.1) is 13.2 Å². The minimum absolute atomic E-state index is 0.0792. The number of ether oxygens (including phenoxy) is 2. The molecule has 23 heavy (non-hydrogen) atoms. The van der Waals surface area contributed by atoms with Crippen LogP contribution in [0, 0.1) is 11.7 Å². The molecule has 1 aliphatic rings. The molecular weight excluding hydrogens is 319 g/mol. The standard InChI is InChI=1S/C14H17BF4O4/c1-2-5-20-7-10-8-21-15(22-9-10)11-3-4-13(12(16)6-11)23-14(17,18)19/h3-4,6,10H,2,5,7-9H2,1H3. The van der Waals surface area contributed by atoms with E-state index in [1.54, 1.807) is 0 Å². The van der Waals surface area contributed by atoms with Gasteiger partial charge in [-0.2, -0.15) is 0 Å². The van der Waals surface area contributed by atoms with Gasteiger partial charge in [-0.05, 0) is 24.0 Å². The Kier molecular flexibility index (Phi) is 6.26. The zero-order valence-electron chi connectivity index (χ0n) is 12.6. The van der Waals surface area contributed by atoms with E-state index in [4.69, 9.17) is 14.0 Å². The van der Waals surface area contributed by atoms with Crippen molar-refractivity contribution in [3.63, 3.8) is 0 Å². The summed E-state index contributed by atoms with van der Waals surface area (Å²) in [6.45, 7) is 3.91. The Balaban J connectivity index is 1.90.